The summed E-state index contributed by atoms with van der Waals surface area (Å²) in [7, 11) is 0. The maximum atomic E-state index is 11.7. The zero-order chi connectivity index (χ0) is 16.5. The van der Waals surface area contributed by atoms with Crippen molar-refractivity contribution in [2.24, 2.45) is 0 Å². The minimum Gasteiger partial charge on any atom is -0.338 e. The number of aromatic nitrogens is 1. The Balaban J connectivity index is 1.62. The van der Waals surface area contributed by atoms with Crippen LogP contribution in [0.25, 0.3) is 0 Å². The monoisotopic (exact) mass is 332 g/mol. The van der Waals surface area contributed by atoms with Gasteiger partial charge >= 0.3 is 6.03 Å². The second kappa shape index (κ2) is 8.89. The van der Waals surface area contributed by atoms with Gasteiger partial charge in [-0.15, -0.1) is 11.3 Å². The summed E-state index contributed by atoms with van der Waals surface area (Å²) < 4.78 is 0. The molecule has 0 aliphatic carbocycles. The first-order valence-electron chi connectivity index (χ1n) is 7.40. The number of thiazole rings is 1. The van der Waals surface area contributed by atoms with Crippen LogP contribution < -0.4 is 16.0 Å². The third-order valence-corrected chi connectivity index (χ3v) is 3.92. The molecule has 0 aliphatic rings. The van der Waals surface area contributed by atoms with Gasteiger partial charge in [0.05, 0.1) is 5.01 Å². The Bertz CT molecular complexity index is 626. The molecule has 0 saturated heterocycles. The van der Waals surface area contributed by atoms with E-state index < -0.39 is 0 Å². The van der Waals surface area contributed by atoms with E-state index in [1.165, 1.54) is 6.92 Å². The SMILES string of the molecule is CC(=O)Nc1ccc(CCNC(=O)NCCc2nccs2)cc1. The zero-order valence-corrected chi connectivity index (χ0v) is 13.8. The summed E-state index contributed by atoms with van der Waals surface area (Å²) >= 11 is 1.59. The molecule has 3 N–H and O–H groups in total. The van der Waals surface area contributed by atoms with Crippen molar-refractivity contribution in [3.63, 3.8) is 0 Å². The first kappa shape index (κ1) is 17.0. The van der Waals surface area contributed by atoms with Crippen LogP contribution in [0.2, 0.25) is 0 Å². The molecule has 7 heteroatoms. The molecule has 1 aromatic carbocycles. The quantitative estimate of drug-likeness (QED) is 0.727. The first-order chi connectivity index (χ1) is 11.1. The summed E-state index contributed by atoms with van der Waals surface area (Å²) in [4.78, 5) is 26.7. The van der Waals surface area contributed by atoms with Crippen LogP contribution in [0.1, 0.15) is 17.5 Å². The normalized spacial score (nSPS) is 10.1. The predicted octanol–water partition coefficient (Wildman–Crippen LogP) is 2.19. The molecule has 122 valence electrons. The Morgan fingerprint density at radius 1 is 1.09 bits per heavy atom. The van der Waals surface area contributed by atoms with Gasteiger partial charge in [0.15, 0.2) is 0 Å². The molecule has 0 saturated carbocycles. The van der Waals surface area contributed by atoms with Crippen LogP contribution in [-0.2, 0) is 17.6 Å². The molecule has 0 unspecified atom stereocenters. The number of benzene rings is 1. The number of nitrogens with zero attached hydrogens (tertiary/aromatic N) is 1. The van der Waals surface area contributed by atoms with Crippen molar-refractivity contribution < 1.29 is 9.59 Å². The van der Waals surface area contributed by atoms with E-state index in [-0.39, 0.29) is 11.9 Å². The molecule has 2 aromatic rings. The Morgan fingerprint density at radius 3 is 2.39 bits per heavy atom. The number of urea groups is 1. The van der Waals surface area contributed by atoms with Crippen molar-refractivity contribution in [1.82, 2.24) is 15.6 Å². The van der Waals surface area contributed by atoms with Crippen molar-refractivity contribution >= 4 is 29.0 Å². The standard InChI is InChI=1S/C16H20N4O2S/c1-12(21)20-14-4-2-13(3-5-14)6-8-18-16(22)19-9-7-15-17-10-11-23-15/h2-5,10-11H,6-9H2,1H3,(H,20,21)(H2,18,19,22). The molecule has 23 heavy (non-hydrogen) atoms. The Morgan fingerprint density at radius 2 is 1.78 bits per heavy atom. The third-order valence-electron chi connectivity index (χ3n) is 3.08. The molecule has 0 radical (unpaired) electrons. The highest BCUT2D eigenvalue weighted by molar-refractivity contribution is 7.09. The van der Waals surface area contributed by atoms with Gasteiger partial charge < -0.3 is 16.0 Å². The molecule has 0 bridgehead atoms. The maximum Gasteiger partial charge on any atom is 0.314 e. The summed E-state index contributed by atoms with van der Waals surface area (Å²) in [5.74, 6) is -0.0890. The minimum absolute atomic E-state index is 0.0890. The molecular formula is C16H20N4O2S. The Kier molecular flexibility index (Phi) is 6.56. The van der Waals surface area contributed by atoms with Gasteiger partial charge in [0.1, 0.15) is 0 Å². The lowest BCUT2D eigenvalue weighted by Gasteiger charge is -2.08. The average molecular weight is 332 g/mol. The lowest BCUT2D eigenvalue weighted by atomic mass is 10.1. The second-order valence-corrected chi connectivity index (χ2v) is 5.97. The van der Waals surface area contributed by atoms with Gasteiger partial charge in [-0.3, -0.25) is 4.79 Å². The molecule has 0 atom stereocenters. The van der Waals surface area contributed by atoms with Crippen molar-refractivity contribution in [2.75, 3.05) is 18.4 Å². The molecule has 1 aromatic heterocycles. The third kappa shape index (κ3) is 6.48. The van der Waals surface area contributed by atoms with E-state index >= 15 is 0 Å². The van der Waals surface area contributed by atoms with Gasteiger partial charge in [0, 0.05) is 43.7 Å². The van der Waals surface area contributed by atoms with Crippen molar-refractivity contribution in [2.45, 2.75) is 19.8 Å². The molecule has 0 fully saturated rings. The minimum atomic E-state index is -0.170. The fourth-order valence-electron chi connectivity index (χ4n) is 2.00. The van der Waals surface area contributed by atoms with Gasteiger partial charge in [-0.25, -0.2) is 9.78 Å². The van der Waals surface area contributed by atoms with E-state index in [2.05, 4.69) is 20.9 Å². The second-order valence-electron chi connectivity index (χ2n) is 4.99. The molecule has 1 heterocycles. The summed E-state index contributed by atoms with van der Waals surface area (Å²) in [5.41, 5.74) is 1.87. The fraction of sp³-hybridized carbons (Fsp3) is 0.312. The summed E-state index contributed by atoms with van der Waals surface area (Å²) in [5, 5.41) is 11.3. The highest BCUT2D eigenvalue weighted by Gasteiger charge is 2.01. The molecular weight excluding hydrogens is 312 g/mol. The molecule has 2 rings (SSSR count). The number of carbonyl (C=O) groups is 2. The van der Waals surface area contributed by atoms with Crippen LogP contribution in [0.5, 0.6) is 0 Å². The van der Waals surface area contributed by atoms with Crippen LogP contribution in [-0.4, -0.2) is 30.0 Å². The maximum absolute atomic E-state index is 11.7. The van der Waals surface area contributed by atoms with Crippen molar-refractivity contribution in [3.05, 3.63) is 46.4 Å². The van der Waals surface area contributed by atoms with Crippen LogP contribution >= 0.6 is 11.3 Å². The van der Waals surface area contributed by atoms with E-state index in [4.69, 9.17) is 0 Å². The number of rotatable bonds is 7. The smallest absolute Gasteiger partial charge is 0.314 e. The van der Waals surface area contributed by atoms with Gasteiger partial charge in [-0.2, -0.15) is 0 Å². The van der Waals surface area contributed by atoms with Crippen LogP contribution in [0.15, 0.2) is 35.8 Å². The lowest BCUT2D eigenvalue weighted by molar-refractivity contribution is -0.114. The number of hydrogen-bond acceptors (Lipinski definition) is 4. The highest BCUT2D eigenvalue weighted by Crippen LogP contribution is 2.09. The largest absolute Gasteiger partial charge is 0.338 e. The van der Waals surface area contributed by atoms with E-state index in [9.17, 15) is 9.59 Å². The van der Waals surface area contributed by atoms with E-state index in [0.717, 1.165) is 29.1 Å². The number of carbonyl (C=O) groups excluding carboxylic acids is 2. The van der Waals surface area contributed by atoms with E-state index in [1.807, 2.05) is 29.6 Å². The Hall–Kier alpha value is -2.41. The number of amides is 3. The Labute approximate surface area is 139 Å². The van der Waals surface area contributed by atoms with Gasteiger partial charge in [-0.1, -0.05) is 12.1 Å². The number of hydrogen-bond donors (Lipinski definition) is 3. The summed E-state index contributed by atoms with van der Waals surface area (Å²) in [6, 6.07) is 7.41. The number of anilines is 1. The van der Waals surface area contributed by atoms with Crippen LogP contribution in [0, 0.1) is 0 Å². The van der Waals surface area contributed by atoms with E-state index in [0.29, 0.717) is 13.1 Å². The van der Waals surface area contributed by atoms with E-state index in [1.54, 1.807) is 17.5 Å². The summed E-state index contributed by atoms with van der Waals surface area (Å²) in [6.07, 6.45) is 3.24. The van der Waals surface area contributed by atoms with Crippen LogP contribution in [0.3, 0.4) is 0 Å². The fourth-order valence-corrected chi connectivity index (χ4v) is 2.62. The first-order valence-corrected chi connectivity index (χ1v) is 8.28. The topological polar surface area (TPSA) is 83.1 Å². The molecule has 3 amide bonds. The molecule has 6 nitrogen and oxygen atoms in total. The van der Waals surface area contributed by atoms with Crippen molar-refractivity contribution in [3.8, 4) is 0 Å². The van der Waals surface area contributed by atoms with Crippen molar-refractivity contribution in [1.29, 1.82) is 0 Å². The molecule has 0 spiro atoms. The van der Waals surface area contributed by atoms with Gasteiger partial charge in [-0.05, 0) is 24.1 Å². The zero-order valence-electron chi connectivity index (χ0n) is 13.0. The lowest BCUT2D eigenvalue weighted by Crippen LogP contribution is -2.37. The predicted molar refractivity (Wildman–Crippen MR) is 91.7 cm³/mol. The average Bonchev–Trinajstić information content (AvgIpc) is 3.02. The van der Waals surface area contributed by atoms with Gasteiger partial charge in [0.2, 0.25) is 5.91 Å². The number of nitrogens with one attached hydrogen (secondary N) is 3. The van der Waals surface area contributed by atoms with Crippen LogP contribution in [0.4, 0.5) is 10.5 Å². The molecule has 0 aliphatic heterocycles. The van der Waals surface area contributed by atoms with Gasteiger partial charge in [0.25, 0.3) is 0 Å². The highest BCUT2D eigenvalue weighted by atomic mass is 32.1. The summed E-state index contributed by atoms with van der Waals surface area (Å²) in [6.45, 7) is 2.61.